The SMILES string of the molecule is CN1[C@@H](CC(=O)N2CCOCC2)CC[C@H]1CNC(=O)c1cc2ccccc2s1. The molecule has 6 nitrogen and oxygen atoms in total. The molecule has 0 spiro atoms. The summed E-state index contributed by atoms with van der Waals surface area (Å²) in [4.78, 5) is 30.0. The van der Waals surface area contributed by atoms with Gasteiger partial charge >= 0.3 is 0 Å². The Morgan fingerprint density at radius 3 is 2.71 bits per heavy atom. The van der Waals surface area contributed by atoms with Gasteiger partial charge in [0.15, 0.2) is 0 Å². The third-order valence-corrected chi connectivity index (χ3v) is 7.02. The summed E-state index contributed by atoms with van der Waals surface area (Å²) < 4.78 is 6.46. The van der Waals surface area contributed by atoms with E-state index in [-0.39, 0.29) is 23.9 Å². The van der Waals surface area contributed by atoms with Gasteiger partial charge in [0.1, 0.15) is 0 Å². The molecule has 0 bridgehead atoms. The molecule has 1 aromatic heterocycles. The van der Waals surface area contributed by atoms with Gasteiger partial charge < -0.3 is 15.0 Å². The van der Waals surface area contributed by atoms with Crippen molar-refractivity contribution in [1.82, 2.24) is 15.1 Å². The summed E-state index contributed by atoms with van der Waals surface area (Å²) in [6.45, 7) is 3.29. The van der Waals surface area contributed by atoms with Crippen molar-refractivity contribution < 1.29 is 14.3 Å². The maximum Gasteiger partial charge on any atom is 0.261 e. The van der Waals surface area contributed by atoms with Gasteiger partial charge in [0, 0.05) is 42.8 Å². The highest BCUT2D eigenvalue weighted by atomic mass is 32.1. The summed E-state index contributed by atoms with van der Waals surface area (Å²) in [6, 6.07) is 10.5. The smallest absolute Gasteiger partial charge is 0.261 e. The monoisotopic (exact) mass is 401 g/mol. The van der Waals surface area contributed by atoms with Gasteiger partial charge in [-0.3, -0.25) is 14.5 Å². The highest BCUT2D eigenvalue weighted by Gasteiger charge is 2.33. The van der Waals surface area contributed by atoms with E-state index in [9.17, 15) is 9.59 Å². The maximum absolute atomic E-state index is 12.6. The fourth-order valence-corrected chi connectivity index (χ4v) is 5.10. The number of fused-ring (bicyclic) bond motifs is 1. The second kappa shape index (κ2) is 8.59. The predicted octanol–water partition coefficient (Wildman–Crippen LogP) is 2.34. The Morgan fingerprint density at radius 1 is 1.18 bits per heavy atom. The third kappa shape index (κ3) is 4.21. The van der Waals surface area contributed by atoms with Crippen molar-refractivity contribution >= 4 is 33.2 Å². The van der Waals surface area contributed by atoms with Crippen LogP contribution in [0.5, 0.6) is 0 Å². The highest BCUT2D eigenvalue weighted by Crippen LogP contribution is 2.27. The van der Waals surface area contributed by atoms with Gasteiger partial charge in [-0.15, -0.1) is 11.3 Å². The van der Waals surface area contributed by atoms with E-state index in [0.717, 1.165) is 27.8 Å². The zero-order valence-corrected chi connectivity index (χ0v) is 17.0. The number of likely N-dealkylation sites (N-methyl/N-ethyl adjacent to an activating group) is 1. The standard InChI is InChI=1S/C21H27N3O3S/c1-23-16(13-20(25)24-8-10-27-11-9-24)6-7-17(23)14-22-21(26)19-12-15-4-2-3-5-18(15)28-19/h2-5,12,16-17H,6-11,13-14H2,1H3,(H,22,26)/t16-,17+/m1/s1. The van der Waals surface area contributed by atoms with E-state index in [2.05, 4.69) is 17.3 Å². The van der Waals surface area contributed by atoms with Gasteiger partial charge in [-0.1, -0.05) is 18.2 Å². The molecule has 0 unspecified atom stereocenters. The zero-order valence-electron chi connectivity index (χ0n) is 16.2. The minimum absolute atomic E-state index is 0.0116. The fraction of sp³-hybridized carbons (Fsp3) is 0.524. The summed E-state index contributed by atoms with van der Waals surface area (Å²) >= 11 is 1.53. The number of thiophene rings is 1. The van der Waals surface area contributed by atoms with E-state index in [0.29, 0.717) is 39.3 Å². The number of benzene rings is 1. The van der Waals surface area contributed by atoms with Gasteiger partial charge in [0.05, 0.1) is 18.1 Å². The van der Waals surface area contributed by atoms with E-state index in [4.69, 9.17) is 4.74 Å². The average molecular weight is 402 g/mol. The number of likely N-dealkylation sites (tertiary alicyclic amines) is 1. The molecule has 0 radical (unpaired) electrons. The molecule has 1 aromatic carbocycles. The third-order valence-electron chi connectivity index (χ3n) is 5.91. The Labute approximate surface area is 169 Å². The van der Waals surface area contributed by atoms with Crippen LogP contribution in [-0.2, 0) is 9.53 Å². The lowest BCUT2D eigenvalue weighted by atomic mass is 10.1. The summed E-state index contributed by atoms with van der Waals surface area (Å²) in [7, 11) is 2.07. The van der Waals surface area contributed by atoms with E-state index in [1.807, 2.05) is 35.2 Å². The molecule has 7 heteroatoms. The number of carbonyl (C=O) groups excluding carboxylic acids is 2. The van der Waals surface area contributed by atoms with Crippen LogP contribution in [0.3, 0.4) is 0 Å². The average Bonchev–Trinajstić information content (AvgIpc) is 3.31. The first-order chi connectivity index (χ1) is 13.6. The fourth-order valence-electron chi connectivity index (χ4n) is 4.12. The molecule has 0 saturated carbocycles. The van der Waals surface area contributed by atoms with Crippen molar-refractivity contribution in [2.24, 2.45) is 0 Å². The summed E-state index contributed by atoms with van der Waals surface area (Å²) in [5.41, 5.74) is 0. The number of rotatable bonds is 5. The molecule has 2 saturated heterocycles. The van der Waals surface area contributed by atoms with Crippen molar-refractivity contribution in [2.45, 2.75) is 31.3 Å². The maximum atomic E-state index is 12.6. The van der Waals surface area contributed by atoms with Gasteiger partial charge in [-0.25, -0.2) is 0 Å². The molecule has 150 valence electrons. The molecule has 0 aliphatic carbocycles. The number of nitrogens with one attached hydrogen (secondary N) is 1. The molecule has 4 rings (SSSR count). The quantitative estimate of drug-likeness (QED) is 0.835. The normalized spacial score (nSPS) is 23.2. The van der Waals surface area contributed by atoms with Gasteiger partial charge in [-0.05, 0) is 37.4 Å². The number of nitrogens with zero attached hydrogens (tertiary/aromatic N) is 2. The summed E-state index contributed by atoms with van der Waals surface area (Å²) in [6.07, 6.45) is 2.55. The Kier molecular flexibility index (Phi) is 5.94. The molecule has 28 heavy (non-hydrogen) atoms. The number of carbonyl (C=O) groups is 2. The molecule has 2 aliphatic rings. The second-order valence-corrected chi connectivity index (χ2v) is 8.69. The van der Waals surface area contributed by atoms with Crippen LogP contribution in [0.4, 0.5) is 0 Å². The Hall–Kier alpha value is -1.96. The van der Waals surface area contributed by atoms with Crippen LogP contribution in [0.15, 0.2) is 30.3 Å². The van der Waals surface area contributed by atoms with Gasteiger partial charge in [0.2, 0.25) is 5.91 Å². The molecule has 2 amide bonds. The van der Waals surface area contributed by atoms with Crippen LogP contribution in [-0.4, -0.2) is 73.6 Å². The van der Waals surface area contributed by atoms with Crippen LogP contribution < -0.4 is 5.32 Å². The Bertz CT molecular complexity index is 813. The number of ether oxygens (including phenoxy) is 1. The minimum atomic E-state index is -0.0116. The highest BCUT2D eigenvalue weighted by molar-refractivity contribution is 7.20. The molecule has 2 aliphatic heterocycles. The lowest BCUT2D eigenvalue weighted by molar-refractivity contribution is -0.136. The Balaban J connectivity index is 1.28. The lowest BCUT2D eigenvalue weighted by Crippen LogP contribution is -2.45. The molecular weight excluding hydrogens is 374 g/mol. The molecule has 3 heterocycles. The van der Waals surface area contributed by atoms with Crippen molar-refractivity contribution in [1.29, 1.82) is 0 Å². The van der Waals surface area contributed by atoms with Crippen LogP contribution in [0.2, 0.25) is 0 Å². The Morgan fingerprint density at radius 2 is 1.93 bits per heavy atom. The summed E-state index contributed by atoms with van der Waals surface area (Å²) in [5, 5.41) is 4.20. The van der Waals surface area contributed by atoms with E-state index < -0.39 is 0 Å². The van der Waals surface area contributed by atoms with Crippen LogP contribution in [0.1, 0.15) is 28.9 Å². The van der Waals surface area contributed by atoms with E-state index >= 15 is 0 Å². The molecular formula is C21H27N3O3S. The molecule has 2 aromatic rings. The van der Waals surface area contributed by atoms with E-state index in [1.165, 1.54) is 11.3 Å². The minimum Gasteiger partial charge on any atom is -0.378 e. The molecule has 1 N–H and O–H groups in total. The summed E-state index contributed by atoms with van der Waals surface area (Å²) in [5.74, 6) is 0.206. The molecule has 2 fully saturated rings. The van der Waals surface area contributed by atoms with Crippen LogP contribution in [0.25, 0.3) is 10.1 Å². The zero-order chi connectivity index (χ0) is 19.5. The topological polar surface area (TPSA) is 61.9 Å². The second-order valence-electron chi connectivity index (χ2n) is 7.61. The van der Waals surface area contributed by atoms with E-state index in [1.54, 1.807) is 0 Å². The van der Waals surface area contributed by atoms with Crippen LogP contribution in [0, 0.1) is 0 Å². The predicted molar refractivity (Wildman–Crippen MR) is 111 cm³/mol. The van der Waals surface area contributed by atoms with Crippen molar-refractivity contribution in [2.75, 3.05) is 39.9 Å². The number of hydrogen-bond acceptors (Lipinski definition) is 5. The van der Waals surface area contributed by atoms with Gasteiger partial charge in [0.25, 0.3) is 5.91 Å². The largest absolute Gasteiger partial charge is 0.378 e. The number of morpholine rings is 1. The van der Waals surface area contributed by atoms with Crippen LogP contribution >= 0.6 is 11.3 Å². The van der Waals surface area contributed by atoms with Crippen molar-refractivity contribution in [3.8, 4) is 0 Å². The first-order valence-electron chi connectivity index (χ1n) is 9.96. The lowest BCUT2D eigenvalue weighted by Gasteiger charge is -2.30. The molecule has 2 atom stereocenters. The van der Waals surface area contributed by atoms with Crippen molar-refractivity contribution in [3.63, 3.8) is 0 Å². The number of amides is 2. The van der Waals surface area contributed by atoms with Crippen molar-refractivity contribution in [3.05, 3.63) is 35.2 Å². The van der Waals surface area contributed by atoms with Gasteiger partial charge in [-0.2, -0.15) is 0 Å². The first kappa shape index (κ1) is 19.4. The number of hydrogen-bond donors (Lipinski definition) is 1. The first-order valence-corrected chi connectivity index (χ1v) is 10.8.